The maximum atomic E-state index is 12.9. The number of pyridine rings is 1. The van der Waals surface area contributed by atoms with E-state index in [2.05, 4.69) is 40.6 Å². The van der Waals surface area contributed by atoms with E-state index in [0.717, 1.165) is 38.6 Å². The van der Waals surface area contributed by atoms with Crippen LogP contribution in [0.1, 0.15) is 24.5 Å². The van der Waals surface area contributed by atoms with Gasteiger partial charge in [0.2, 0.25) is 5.91 Å². The Balaban J connectivity index is 1.83. The molecule has 128 valence electrons. The molecule has 4 heteroatoms. The van der Waals surface area contributed by atoms with Gasteiger partial charge in [-0.3, -0.25) is 9.78 Å². The first kappa shape index (κ1) is 17.9. The molecule has 0 spiro atoms. The molecule has 3 aromatic rings. The maximum absolute atomic E-state index is 12.9. The lowest BCUT2D eigenvalue weighted by molar-refractivity contribution is -0.131. The fourth-order valence-corrected chi connectivity index (χ4v) is 3.56. The molecule has 1 heterocycles. The van der Waals surface area contributed by atoms with Gasteiger partial charge in [-0.2, -0.15) is 0 Å². The van der Waals surface area contributed by atoms with Gasteiger partial charge in [0.15, 0.2) is 0 Å². The number of carbonyl (C=O) groups is 1. The lowest BCUT2D eigenvalue weighted by Gasteiger charge is -2.23. The SMILES string of the molecule is CCCN(Cc1ccnc2ccccc12)C(=O)Cc1ccccc1I. The third kappa shape index (κ3) is 4.37. The Morgan fingerprint density at radius 2 is 1.80 bits per heavy atom. The molecule has 1 amide bonds. The highest BCUT2D eigenvalue weighted by molar-refractivity contribution is 14.1. The molecule has 0 unspecified atom stereocenters. The Labute approximate surface area is 162 Å². The van der Waals surface area contributed by atoms with Gasteiger partial charge in [-0.05, 0) is 58.3 Å². The molecule has 0 aliphatic heterocycles. The van der Waals surface area contributed by atoms with E-state index in [1.807, 2.05) is 59.6 Å². The van der Waals surface area contributed by atoms with Crippen molar-refractivity contribution in [3.05, 3.63) is 75.5 Å². The molecular formula is C21H21IN2O. The molecule has 0 aliphatic rings. The minimum atomic E-state index is 0.173. The fraction of sp³-hybridized carbons (Fsp3) is 0.238. The summed E-state index contributed by atoms with van der Waals surface area (Å²) in [6.07, 6.45) is 3.22. The predicted octanol–water partition coefficient (Wildman–Crippen LogP) is 4.82. The summed E-state index contributed by atoms with van der Waals surface area (Å²) in [5.74, 6) is 0.173. The zero-order valence-electron chi connectivity index (χ0n) is 14.3. The summed E-state index contributed by atoms with van der Waals surface area (Å²) in [6, 6.07) is 18.2. The molecule has 0 saturated carbocycles. The average molecular weight is 444 g/mol. The second kappa shape index (κ2) is 8.43. The minimum Gasteiger partial charge on any atom is -0.338 e. The van der Waals surface area contributed by atoms with Crippen molar-refractivity contribution in [1.82, 2.24) is 9.88 Å². The molecule has 3 nitrogen and oxygen atoms in total. The van der Waals surface area contributed by atoms with Crippen LogP contribution >= 0.6 is 22.6 Å². The monoisotopic (exact) mass is 444 g/mol. The first-order valence-electron chi connectivity index (χ1n) is 8.53. The maximum Gasteiger partial charge on any atom is 0.227 e. The Bertz CT molecular complexity index is 873. The van der Waals surface area contributed by atoms with E-state index in [0.29, 0.717) is 13.0 Å². The number of hydrogen-bond acceptors (Lipinski definition) is 2. The van der Waals surface area contributed by atoms with Crippen LogP contribution in [0.3, 0.4) is 0 Å². The fourth-order valence-electron chi connectivity index (χ4n) is 2.98. The van der Waals surface area contributed by atoms with Crippen LogP contribution < -0.4 is 0 Å². The molecule has 0 saturated heterocycles. The van der Waals surface area contributed by atoms with Crippen molar-refractivity contribution in [2.45, 2.75) is 26.3 Å². The van der Waals surface area contributed by atoms with Crippen molar-refractivity contribution < 1.29 is 4.79 Å². The number of carbonyl (C=O) groups excluding carboxylic acids is 1. The summed E-state index contributed by atoms with van der Waals surface area (Å²) in [5.41, 5.74) is 3.21. The van der Waals surface area contributed by atoms with Gasteiger partial charge < -0.3 is 4.90 Å². The van der Waals surface area contributed by atoms with Gasteiger partial charge >= 0.3 is 0 Å². The van der Waals surface area contributed by atoms with Gasteiger partial charge in [0.1, 0.15) is 0 Å². The molecule has 0 bridgehead atoms. The standard InChI is InChI=1S/C21H21IN2O/c1-2-13-24(21(25)14-16-7-3-5-9-19(16)22)15-17-11-12-23-20-10-6-4-8-18(17)20/h3-12H,2,13-15H2,1H3. The zero-order chi connectivity index (χ0) is 17.6. The van der Waals surface area contributed by atoms with Crippen molar-refractivity contribution in [2.75, 3.05) is 6.54 Å². The molecule has 0 fully saturated rings. The number of fused-ring (bicyclic) bond motifs is 1. The van der Waals surface area contributed by atoms with Crippen LogP contribution in [0.2, 0.25) is 0 Å². The van der Waals surface area contributed by atoms with Crippen LogP contribution in [0.5, 0.6) is 0 Å². The van der Waals surface area contributed by atoms with Gasteiger partial charge in [-0.25, -0.2) is 0 Å². The van der Waals surface area contributed by atoms with E-state index in [1.165, 1.54) is 0 Å². The van der Waals surface area contributed by atoms with E-state index in [1.54, 1.807) is 0 Å². The molecular weight excluding hydrogens is 423 g/mol. The minimum absolute atomic E-state index is 0.173. The van der Waals surface area contributed by atoms with E-state index in [4.69, 9.17) is 0 Å². The second-order valence-corrected chi connectivity index (χ2v) is 7.23. The molecule has 25 heavy (non-hydrogen) atoms. The first-order chi connectivity index (χ1) is 12.2. The van der Waals surface area contributed by atoms with Crippen LogP contribution in [0.25, 0.3) is 10.9 Å². The Kier molecular flexibility index (Phi) is 6.02. The van der Waals surface area contributed by atoms with Gasteiger partial charge in [0.25, 0.3) is 0 Å². The largest absolute Gasteiger partial charge is 0.338 e. The number of rotatable bonds is 6. The number of amides is 1. The number of nitrogens with zero attached hydrogens (tertiary/aromatic N) is 2. The van der Waals surface area contributed by atoms with Gasteiger partial charge in [0, 0.05) is 28.2 Å². The van der Waals surface area contributed by atoms with Crippen LogP contribution in [0.4, 0.5) is 0 Å². The van der Waals surface area contributed by atoms with E-state index in [9.17, 15) is 4.79 Å². The summed E-state index contributed by atoms with van der Waals surface area (Å²) >= 11 is 2.29. The number of para-hydroxylation sites is 1. The van der Waals surface area contributed by atoms with Crippen molar-refractivity contribution in [3.8, 4) is 0 Å². The zero-order valence-corrected chi connectivity index (χ0v) is 16.4. The van der Waals surface area contributed by atoms with Crippen molar-refractivity contribution in [2.24, 2.45) is 0 Å². The van der Waals surface area contributed by atoms with Crippen molar-refractivity contribution >= 4 is 39.4 Å². The highest BCUT2D eigenvalue weighted by Crippen LogP contribution is 2.19. The van der Waals surface area contributed by atoms with Gasteiger partial charge in [-0.1, -0.05) is 43.3 Å². The quantitative estimate of drug-likeness (QED) is 0.511. The summed E-state index contributed by atoms with van der Waals surface area (Å²) in [5, 5.41) is 1.12. The van der Waals surface area contributed by atoms with Crippen LogP contribution in [-0.2, 0) is 17.8 Å². The van der Waals surface area contributed by atoms with E-state index in [-0.39, 0.29) is 5.91 Å². The summed E-state index contributed by atoms with van der Waals surface area (Å²) in [4.78, 5) is 19.3. The van der Waals surface area contributed by atoms with Crippen LogP contribution in [0, 0.1) is 3.57 Å². The van der Waals surface area contributed by atoms with E-state index < -0.39 is 0 Å². The Morgan fingerprint density at radius 3 is 2.60 bits per heavy atom. The number of hydrogen-bond donors (Lipinski definition) is 0. The molecule has 0 radical (unpaired) electrons. The normalized spacial score (nSPS) is 10.8. The highest BCUT2D eigenvalue weighted by atomic mass is 127. The lowest BCUT2D eigenvalue weighted by atomic mass is 10.1. The molecule has 0 atom stereocenters. The molecule has 0 aliphatic carbocycles. The van der Waals surface area contributed by atoms with Crippen molar-refractivity contribution in [3.63, 3.8) is 0 Å². The lowest BCUT2D eigenvalue weighted by Crippen LogP contribution is -2.32. The first-order valence-corrected chi connectivity index (χ1v) is 9.60. The molecule has 2 aromatic carbocycles. The average Bonchev–Trinajstić information content (AvgIpc) is 2.63. The molecule has 3 rings (SSSR count). The van der Waals surface area contributed by atoms with Gasteiger partial charge in [-0.15, -0.1) is 0 Å². The molecule has 0 N–H and O–H groups in total. The van der Waals surface area contributed by atoms with Crippen molar-refractivity contribution in [1.29, 1.82) is 0 Å². The third-order valence-electron chi connectivity index (χ3n) is 4.25. The Hall–Kier alpha value is -1.95. The van der Waals surface area contributed by atoms with Crippen LogP contribution in [0.15, 0.2) is 60.8 Å². The van der Waals surface area contributed by atoms with Crippen LogP contribution in [-0.4, -0.2) is 22.3 Å². The summed E-state index contributed by atoms with van der Waals surface area (Å²) in [7, 11) is 0. The smallest absolute Gasteiger partial charge is 0.227 e. The number of aromatic nitrogens is 1. The predicted molar refractivity (Wildman–Crippen MR) is 110 cm³/mol. The Morgan fingerprint density at radius 1 is 1.04 bits per heavy atom. The van der Waals surface area contributed by atoms with E-state index >= 15 is 0 Å². The topological polar surface area (TPSA) is 33.2 Å². The summed E-state index contributed by atoms with van der Waals surface area (Å²) < 4.78 is 1.14. The number of halogens is 1. The molecule has 1 aromatic heterocycles. The third-order valence-corrected chi connectivity index (χ3v) is 5.30. The van der Waals surface area contributed by atoms with Gasteiger partial charge in [0.05, 0.1) is 11.9 Å². The summed E-state index contributed by atoms with van der Waals surface area (Å²) in [6.45, 7) is 3.50. The number of benzene rings is 2. The highest BCUT2D eigenvalue weighted by Gasteiger charge is 2.16. The second-order valence-electron chi connectivity index (χ2n) is 6.07.